The summed E-state index contributed by atoms with van der Waals surface area (Å²) in [6.45, 7) is 7.57. The summed E-state index contributed by atoms with van der Waals surface area (Å²) >= 11 is 1.32. The van der Waals surface area contributed by atoms with E-state index >= 15 is 0 Å². The van der Waals surface area contributed by atoms with E-state index in [1.807, 2.05) is 11.4 Å². The van der Waals surface area contributed by atoms with E-state index in [0.29, 0.717) is 10.3 Å². The van der Waals surface area contributed by atoms with E-state index in [2.05, 4.69) is 18.7 Å². The Balaban J connectivity index is 1.96. The van der Waals surface area contributed by atoms with E-state index in [1.165, 1.54) is 30.6 Å². The number of thiophene rings is 1. The number of hydrogen-bond donors (Lipinski definition) is 1. The lowest BCUT2D eigenvalue weighted by atomic mass is 9.78. The van der Waals surface area contributed by atoms with Gasteiger partial charge in [-0.05, 0) is 48.4 Å². The second-order valence-corrected chi connectivity index (χ2v) is 6.44. The van der Waals surface area contributed by atoms with Crippen LogP contribution in [0.15, 0.2) is 11.4 Å². The summed E-state index contributed by atoms with van der Waals surface area (Å²) in [5.74, 6) is -0.796. The highest BCUT2D eigenvalue weighted by Gasteiger charge is 2.28. The molecule has 1 aromatic rings. The van der Waals surface area contributed by atoms with Crippen molar-refractivity contribution >= 4 is 17.3 Å². The number of rotatable bonds is 4. The van der Waals surface area contributed by atoms with Crippen LogP contribution >= 0.6 is 11.3 Å². The lowest BCUT2D eigenvalue weighted by Crippen LogP contribution is -2.38. The summed E-state index contributed by atoms with van der Waals surface area (Å²) in [6.07, 6.45) is 3.67. The number of likely N-dealkylation sites (tertiary alicyclic amines) is 1. The molecule has 0 unspecified atom stereocenters. The number of carbonyl (C=O) groups is 1. The van der Waals surface area contributed by atoms with E-state index in [0.717, 1.165) is 25.2 Å². The summed E-state index contributed by atoms with van der Waals surface area (Å²) in [5, 5.41) is 11.0. The maximum atomic E-state index is 11.1. The van der Waals surface area contributed by atoms with Crippen LogP contribution < -0.4 is 0 Å². The van der Waals surface area contributed by atoms with Gasteiger partial charge in [-0.2, -0.15) is 0 Å². The lowest BCUT2D eigenvalue weighted by Gasteiger charge is -2.38. The topological polar surface area (TPSA) is 40.5 Å². The van der Waals surface area contributed by atoms with Gasteiger partial charge in [-0.15, -0.1) is 11.3 Å². The molecule has 1 aliphatic rings. The molecule has 100 valence electrons. The Morgan fingerprint density at radius 1 is 1.50 bits per heavy atom. The van der Waals surface area contributed by atoms with E-state index in [1.54, 1.807) is 0 Å². The normalized spacial score (nSPS) is 19.9. The van der Waals surface area contributed by atoms with Crippen molar-refractivity contribution < 1.29 is 9.90 Å². The zero-order chi connectivity index (χ0) is 13.2. The summed E-state index contributed by atoms with van der Waals surface area (Å²) in [6, 6.07) is 1.95. The molecule has 0 amide bonds. The standard InChI is InChI=1S/C14H21NO2S/c1-3-14(2)5-7-15(8-6-14)10-11-4-9-18-12(11)13(16)17/h4,9H,3,5-8,10H2,1-2H3,(H,16,17). The molecule has 0 bridgehead atoms. The maximum absolute atomic E-state index is 11.1. The van der Waals surface area contributed by atoms with Crippen LogP contribution in [0.2, 0.25) is 0 Å². The Morgan fingerprint density at radius 2 is 2.17 bits per heavy atom. The first-order valence-corrected chi connectivity index (χ1v) is 7.44. The Morgan fingerprint density at radius 3 is 2.72 bits per heavy atom. The molecular weight excluding hydrogens is 246 g/mol. The van der Waals surface area contributed by atoms with Crippen LogP contribution in [0, 0.1) is 5.41 Å². The number of hydrogen-bond acceptors (Lipinski definition) is 3. The highest BCUT2D eigenvalue weighted by atomic mass is 32.1. The third-order valence-corrected chi connectivity index (χ3v) is 5.20. The molecule has 1 saturated heterocycles. The minimum Gasteiger partial charge on any atom is -0.477 e. The largest absolute Gasteiger partial charge is 0.477 e. The van der Waals surface area contributed by atoms with Crippen LogP contribution in [0.5, 0.6) is 0 Å². The van der Waals surface area contributed by atoms with Crippen molar-refractivity contribution in [1.29, 1.82) is 0 Å². The smallest absolute Gasteiger partial charge is 0.346 e. The second kappa shape index (κ2) is 5.41. The van der Waals surface area contributed by atoms with Crippen molar-refractivity contribution in [2.75, 3.05) is 13.1 Å². The second-order valence-electron chi connectivity index (χ2n) is 5.52. The van der Waals surface area contributed by atoms with Gasteiger partial charge < -0.3 is 5.11 Å². The van der Waals surface area contributed by atoms with Crippen LogP contribution in [-0.2, 0) is 6.54 Å². The molecule has 2 rings (SSSR count). The number of carboxylic acid groups (broad SMARTS) is 1. The zero-order valence-corrected chi connectivity index (χ0v) is 11.9. The molecule has 0 saturated carbocycles. The minimum absolute atomic E-state index is 0.487. The number of aromatic carboxylic acids is 1. The zero-order valence-electron chi connectivity index (χ0n) is 11.1. The van der Waals surface area contributed by atoms with E-state index in [-0.39, 0.29) is 0 Å². The molecule has 0 radical (unpaired) electrons. The van der Waals surface area contributed by atoms with Gasteiger partial charge in [0, 0.05) is 6.54 Å². The molecule has 3 nitrogen and oxygen atoms in total. The Bertz CT molecular complexity index is 419. The van der Waals surface area contributed by atoms with E-state index < -0.39 is 5.97 Å². The molecule has 0 aromatic carbocycles. The van der Waals surface area contributed by atoms with Crippen molar-refractivity contribution in [3.63, 3.8) is 0 Å². The SMILES string of the molecule is CCC1(C)CCN(Cc2ccsc2C(=O)O)CC1. The van der Waals surface area contributed by atoms with Gasteiger partial charge in [0.15, 0.2) is 0 Å². The first kappa shape index (κ1) is 13.6. The molecule has 4 heteroatoms. The van der Waals surface area contributed by atoms with Gasteiger partial charge >= 0.3 is 5.97 Å². The van der Waals surface area contributed by atoms with Crippen molar-refractivity contribution in [1.82, 2.24) is 4.90 Å². The third-order valence-electron chi connectivity index (χ3n) is 4.25. The van der Waals surface area contributed by atoms with Crippen LogP contribution in [0.4, 0.5) is 0 Å². The number of carboxylic acids is 1. The molecule has 0 aliphatic carbocycles. The summed E-state index contributed by atoms with van der Waals surface area (Å²) in [5.41, 5.74) is 1.45. The van der Waals surface area contributed by atoms with Crippen molar-refractivity contribution in [2.45, 2.75) is 39.7 Å². The van der Waals surface area contributed by atoms with E-state index in [4.69, 9.17) is 5.11 Å². The lowest BCUT2D eigenvalue weighted by molar-refractivity contribution is 0.0697. The Hall–Kier alpha value is -0.870. The molecule has 0 atom stereocenters. The number of nitrogens with zero attached hydrogens (tertiary/aromatic N) is 1. The van der Waals surface area contributed by atoms with Gasteiger partial charge in [-0.25, -0.2) is 4.79 Å². The summed E-state index contributed by atoms with van der Waals surface area (Å²) in [4.78, 5) is 13.9. The van der Waals surface area contributed by atoms with Crippen molar-refractivity contribution in [3.8, 4) is 0 Å². The van der Waals surface area contributed by atoms with Gasteiger partial charge in [0.1, 0.15) is 4.88 Å². The van der Waals surface area contributed by atoms with Gasteiger partial charge in [0.2, 0.25) is 0 Å². The van der Waals surface area contributed by atoms with Crippen LogP contribution in [-0.4, -0.2) is 29.1 Å². The van der Waals surface area contributed by atoms with Gasteiger partial charge in [-0.1, -0.05) is 20.3 Å². The molecule has 1 fully saturated rings. The molecule has 1 N–H and O–H groups in total. The Kier molecular flexibility index (Phi) is 4.07. The first-order valence-electron chi connectivity index (χ1n) is 6.56. The average Bonchev–Trinajstić information content (AvgIpc) is 2.81. The molecule has 2 heterocycles. The van der Waals surface area contributed by atoms with Gasteiger partial charge in [0.05, 0.1) is 0 Å². The molecule has 18 heavy (non-hydrogen) atoms. The van der Waals surface area contributed by atoms with Crippen LogP contribution in [0.3, 0.4) is 0 Å². The minimum atomic E-state index is -0.796. The monoisotopic (exact) mass is 267 g/mol. The number of piperidine rings is 1. The fraction of sp³-hybridized carbons (Fsp3) is 0.643. The van der Waals surface area contributed by atoms with Gasteiger partial charge in [-0.3, -0.25) is 4.90 Å². The fourth-order valence-corrected chi connectivity index (χ4v) is 3.25. The summed E-state index contributed by atoms with van der Waals surface area (Å²) < 4.78 is 0. The highest BCUT2D eigenvalue weighted by Crippen LogP contribution is 2.34. The average molecular weight is 267 g/mol. The predicted octanol–water partition coefficient (Wildman–Crippen LogP) is 3.46. The molecular formula is C14H21NO2S. The fourth-order valence-electron chi connectivity index (χ4n) is 2.49. The van der Waals surface area contributed by atoms with E-state index in [9.17, 15) is 4.79 Å². The van der Waals surface area contributed by atoms with Crippen LogP contribution in [0.1, 0.15) is 48.3 Å². The van der Waals surface area contributed by atoms with Crippen molar-refractivity contribution in [2.24, 2.45) is 5.41 Å². The summed E-state index contributed by atoms with van der Waals surface area (Å²) in [7, 11) is 0. The predicted molar refractivity (Wildman–Crippen MR) is 74.2 cm³/mol. The van der Waals surface area contributed by atoms with Crippen molar-refractivity contribution in [3.05, 3.63) is 21.9 Å². The van der Waals surface area contributed by atoms with Crippen LogP contribution in [0.25, 0.3) is 0 Å². The molecule has 0 spiro atoms. The van der Waals surface area contributed by atoms with Gasteiger partial charge in [0.25, 0.3) is 0 Å². The molecule has 1 aliphatic heterocycles. The first-order chi connectivity index (χ1) is 8.54. The third kappa shape index (κ3) is 2.93. The quantitative estimate of drug-likeness (QED) is 0.908. The maximum Gasteiger partial charge on any atom is 0.346 e. The molecule has 1 aromatic heterocycles. The Labute approximate surface area is 112 Å². The highest BCUT2D eigenvalue weighted by molar-refractivity contribution is 7.12.